The Morgan fingerprint density at radius 1 is 1.35 bits per heavy atom. The lowest BCUT2D eigenvalue weighted by atomic mass is 10.5. The fraction of sp³-hybridized carbons (Fsp3) is 0.636. The van der Waals surface area contributed by atoms with Crippen molar-refractivity contribution >= 4 is 31.2 Å². The maximum atomic E-state index is 12.6. The van der Waals surface area contributed by atoms with E-state index in [1.165, 1.54) is 15.6 Å². The van der Waals surface area contributed by atoms with Crippen molar-refractivity contribution in [2.24, 2.45) is 0 Å². The van der Waals surface area contributed by atoms with Crippen LogP contribution < -0.4 is 5.32 Å². The number of thiophene rings is 1. The zero-order valence-electron chi connectivity index (χ0n) is 11.2. The third-order valence-electron chi connectivity index (χ3n) is 3.17. The van der Waals surface area contributed by atoms with Gasteiger partial charge in [-0.1, -0.05) is 0 Å². The molecule has 114 valence electrons. The lowest BCUT2D eigenvalue weighted by Gasteiger charge is -2.19. The van der Waals surface area contributed by atoms with E-state index >= 15 is 0 Å². The van der Waals surface area contributed by atoms with Gasteiger partial charge < -0.3 is 5.32 Å². The Morgan fingerprint density at radius 2 is 2.10 bits per heavy atom. The molecular weight excluding hydrogens is 320 g/mol. The molecule has 0 unspecified atom stereocenters. The van der Waals surface area contributed by atoms with Crippen molar-refractivity contribution in [3.63, 3.8) is 0 Å². The Bertz CT molecular complexity index is 664. The summed E-state index contributed by atoms with van der Waals surface area (Å²) < 4.78 is 49.7. The SMILES string of the molecule is CNCc1sccc1S(=O)(=O)N1CCCS(=O)(=O)CC1. The van der Waals surface area contributed by atoms with Gasteiger partial charge in [0.15, 0.2) is 9.84 Å². The lowest BCUT2D eigenvalue weighted by Crippen LogP contribution is -2.34. The molecule has 1 aromatic heterocycles. The summed E-state index contributed by atoms with van der Waals surface area (Å²) in [6.07, 6.45) is 0.354. The van der Waals surface area contributed by atoms with Crippen molar-refractivity contribution in [3.8, 4) is 0 Å². The van der Waals surface area contributed by atoms with E-state index in [1.54, 1.807) is 18.5 Å². The summed E-state index contributed by atoms with van der Waals surface area (Å²) in [6.45, 7) is 0.786. The van der Waals surface area contributed by atoms with Crippen LogP contribution in [0.5, 0.6) is 0 Å². The molecule has 6 nitrogen and oxygen atoms in total. The Labute approximate surface area is 123 Å². The molecule has 1 aliphatic heterocycles. The van der Waals surface area contributed by atoms with E-state index in [9.17, 15) is 16.8 Å². The van der Waals surface area contributed by atoms with E-state index in [0.717, 1.165) is 4.88 Å². The highest BCUT2D eigenvalue weighted by atomic mass is 32.2. The molecule has 20 heavy (non-hydrogen) atoms. The molecule has 1 N–H and O–H groups in total. The number of hydrogen-bond donors (Lipinski definition) is 1. The van der Waals surface area contributed by atoms with Gasteiger partial charge in [0.2, 0.25) is 10.0 Å². The number of rotatable bonds is 4. The van der Waals surface area contributed by atoms with E-state index in [4.69, 9.17) is 0 Å². The standard InChI is InChI=1S/C11H18N2O4S3/c1-12-9-10-11(3-6-18-10)20(16,17)13-4-2-7-19(14,15)8-5-13/h3,6,12H,2,4-5,7-9H2,1H3. The van der Waals surface area contributed by atoms with Gasteiger partial charge in [-0.2, -0.15) is 4.31 Å². The molecule has 0 bridgehead atoms. The summed E-state index contributed by atoms with van der Waals surface area (Å²) in [7, 11) is -4.96. The van der Waals surface area contributed by atoms with Gasteiger partial charge in [-0.25, -0.2) is 16.8 Å². The summed E-state index contributed by atoms with van der Waals surface area (Å²) in [5.41, 5.74) is 0. The average Bonchev–Trinajstić information content (AvgIpc) is 2.74. The zero-order valence-corrected chi connectivity index (χ0v) is 13.7. The maximum Gasteiger partial charge on any atom is 0.244 e. The van der Waals surface area contributed by atoms with Gasteiger partial charge in [0.25, 0.3) is 0 Å². The molecule has 2 heterocycles. The Kier molecular flexibility index (Phi) is 4.85. The first-order valence-corrected chi connectivity index (χ1v) is 10.4. The van der Waals surface area contributed by atoms with Crippen molar-refractivity contribution in [3.05, 3.63) is 16.3 Å². The van der Waals surface area contributed by atoms with Crippen molar-refractivity contribution in [1.82, 2.24) is 9.62 Å². The molecule has 2 rings (SSSR count). The molecular formula is C11H18N2O4S3. The summed E-state index contributed by atoms with van der Waals surface area (Å²) in [4.78, 5) is 1.04. The van der Waals surface area contributed by atoms with Gasteiger partial charge in [-0.05, 0) is 24.9 Å². The third kappa shape index (κ3) is 3.40. The number of sulfonamides is 1. The molecule has 0 radical (unpaired) electrons. The van der Waals surface area contributed by atoms with Crippen LogP contribution in [-0.2, 0) is 26.4 Å². The Morgan fingerprint density at radius 3 is 2.80 bits per heavy atom. The van der Waals surface area contributed by atoms with E-state index in [1.807, 2.05) is 0 Å². The molecule has 0 aromatic carbocycles. The molecule has 1 saturated heterocycles. The average molecular weight is 338 g/mol. The second-order valence-electron chi connectivity index (χ2n) is 4.65. The summed E-state index contributed by atoms with van der Waals surface area (Å²) in [5, 5.41) is 4.69. The largest absolute Gasteiger partial charge is 0.315 e. The van der Waals surface area contributed by atoms with Crippen molar-refractivity contribution in [2.75, 3.05) is 31.6 Å². The van der Waals surface area contributed by atoms with Crippen LogP contribution in [0.1, 0.15) is 11.3 Å². The highest BCUT2D eigenvalue weighted by molar-refractivity contribution is 7.91. The molecule has 0 atom stereocenters. The summed E-state index contributed by atoms with van der Waals surface area (Å²) in [5.74, 6) is -0.0379. The molecule has 1 aromatic rings. The second kappa shape index (κ2) is 6.10. The normalized spacial score (nSPS) is 20.6. The number of nitrogens with zero attached hydrogens (tertiary/aromatic N) is 1. The Balaban J connectivity index is 2.28. The molecule has 9 heteroatoms. The van der Waals surface area contributed by atoms with Crippen LogP contribution in [0.3, 0.4) is 0 Å². The number of nitrogens with one attached hydrogen (secondary N) is 1. The van der Waals surface area contributed by atoms with Crippen molar-refractivity contribution in [2.45, 2.75) is 17.9 Å². The fourth-order valence-electron chi connectivity index (χ4n) is 2.14. The van der Waals surface area contributed by atoms with Crippen LogP contribution in [0.2, 0.25) is 0 Å². The van der Waals surface area contributed by atoms with Crippen LogP contribution in [-0.4, -0.2) is 52.8 Å². The fourth-order valence-corrected chi connectivity index (χ4v) is 6.44. The van der Waals surface area contributed by atoms with Crippen LogP contribution >= 0.6 is 11.3 Å². The van der Waals surface area contributed by atoms with E-state index < -0.39 is 19.9 Å². The molecule has 0 spiro atoms. The van der Waals surface area contributed by atoms with Gasteiger partial charge in [0, 0.05) is 24.5 Å². The smallest absolute Gasteiger partial charge is 0.244 e. The van der Waals surface area contributed by atoms with Crippen molar-refractivity contribution < 1.29 is 16.8 Å². The minimum absolute atomic E-state index is 0.0412. The zero-order chi connectivity index (χ0) is 14.8. The van der Waals surface area contributed by atoms with Crippen LogP contribution in [0.4, 0.5) is 0 Å². The van der Waals surface area contributed by atoms with Crippen LogP contribution in [0.25, 0.3) is 0 Å². The monoisotopic (exact) mass is 338 g/mol. The molecule has 0 saturated carbocycles. The first kappa shape index (κ1) is 15.9. The van der Waals surface area contributed by atoms with Gasteiger partial charge in [-0.3, -0.25) is 0 Å². The highest BCUT2D eigenvalue weighted by Crippen LogP contribution is 2.26. The number of hydrogen-bond acceptors (Lipinski definition) is 6. The Hall–Kier alpha value is -0.480. The van der Waals surface area contributed by atoms with Crippen LogP contribution in [0, 0.1) is 0 Å². The predicted molar refractivity (Wildman–Crippen MR) is 79.1 cm³/mol. The molecule has 0 aliphatic carbocycles. The van der Waals surface area contributed by atoms with Crippen LogP contribution in [0.15, 0.2) is 16.3 Å². The molecule has 1 fully saturated rings. The lowest BCUT2D eigenvalue weighted by molar-refractivity contribution is 0.434. The van der Waals surface area contributed by atoms with E-state index in [2.05, 4.69) is 5.32 Å². The van der Waals surface area contributed by atoms with E-state index in [-0.39, 0.29) is 29.5 Å². The molecule has 0 amide bonds. The minimum atomic E-state index is -3.61. The van der Waals surface area contributed by atoms with Crippen molar-refractivity contribution in [1.29, 1.82) is 0 Å². The van der Waals surface area contributed by atoms with Gasteiger partial charge in [0.05, 0.1) is 16.4 Å². The van der Waals surface area contributed by atoms with Gasteiger partial charge in [-0.15, -0.1) is 11.3 Å². The van der Waals surface area contributed by atoms with E-state index in [0.29, 0.717) is 13.0 Å². The second-order valence-corrected chi connectivity index (χ2v) is 9.86. The molecule has 1 aliphatic rings. The topological polar surface area (TPSA) is 83.6 Å². The third-order valence-corrected chi connectivity index (χ3v) is 7.92. The minimum Gasteiger partial charge on any atom is -0.315 e. The highest BCUT2D eigenvalue weighted by Gasteiger charge is 2.30. The first-order chi connectivity index (χ1) is 9.37. The van der Waals surface area contributed by atoms with Gasteiger partial charge in [0.1, 0.15) is 0 Å². The summed E-state index contributed by atoms with van der Waals surface area (Å²) >= 11 is 1.38. The van der Waals surface area contributed by atoms with Gasteiger partial charge >= 0.3 is 0 Å². The summed E-state index contributed by atoms with van der Waals surface area (Å²) in [6, 6.07) is 1.59. The predicted octanol–water partition coefficient (Wildman–Crippen LogP) is 0.277. The first-order valence-electron chi connectivity index (χ1n) is 6.28. The maximum absolute atomic E-state index is 12.6. The number of sulfone groups is 1. The quantitative estimate of drug-likeness (QED) is 0.852.